The van der Waals surface area contributed by atoms with Gasteiger partial charge in [0.15, 0.2) is 0 Å². The minimum atomic E-state index is -0.325. The van der Waals surface area contributed by atoms with Gasteiger partial charge in [0.1, 0.15) is 6.04 Å². The van der Waals surface area contributed by atoms with Crippen molar-refractivity contribution in [1.82, 2.24) is 15.1 Å². The summed E-state index contributed by atoms with van der Waals surface area (Å²) in [6.07, 6.45) is -0.150. The smallest absolute Gasteiger partial charge is 0.257 e. The van der Waals surface area contributed by atoms with E-state index in [9.17, 15) is 9.59 Å². The zero-order chi connectivity index (χ0) is 18.0. The predicted molar refractivity (Wildman–Crippen MR) is 96.2 cm³/mol. The fraction of sp³-hybridized carbons (Fsp3) is 0.529. The number of carbonyl (C=O) groups is 2. The number of amides is 2. The number of morpholine rings is 1. The molecule has 2 heterocycles. The molecule has 0 saturated carbocycles. The van der Waals surface area contributed by atoms with Crippen LogP contribution in [0.2, 0.25) is 10.0 Å². The zero-order valence-electron chi connectivity index (χ0n) is 14.0. The molecule has 1 aromatic rings. The van der Waals surface area contributed by atoms with Gasteiger partial charge in [0.25, 0.3) is 5.91 Å². The standard InChI is InChI=1S/C17H21Cl2N3O3/c1-11-15(20-5-10-25-11)17(24)22-8-6-21(7-9-22)16(23)14-12(18)3-2-4-13(14)19/h2-4,11,15,20H,5-10H2,1H3/t11-,15+/m1/s1. The SMILES string of the molecule is C[C@H]1OCCN[C@@H]1C(=O)N1CCN(C(=O)c2c(Cl)cccc2Cl)CC1. The van der Waals surface area contributed by atoms with Gasteiger partial charge in [-0.15, -0.1) is 0 Å². The molecule has 0 aromatic heterocycles. The van der Waals surface area contributed by atoms with E-state index in [1.807, 2.05) is 6.92 Å². The summed E-state index contributed by atoms with van der Waals surface area (Å²) in [5.74, 6) is -0.176. The third-order valence-electron chi connectivity index (χ3n) is 4.64. The van der Waals surface area contributed by atoms with Gasteiger partial charge in [-0.3, -0.25) is 9.59 Å². The van der Waals surface area contributed by atoms with Gasteiger partial charge >= 0.3 is 0 Å². The van der Waals surface area contributed by atoms with E-state index in [0.29, 0.717) is 54.9 Å². The summed E-state index contributed by atoms with van der Waals surface area (Å²) >= 11 is 12.2. The Bertz CT molecular complexity index is 642. The summed E-state index contributed by atoms with van der Waals surface area (Å²) in [6, 6.07) is 4.68. The Labute approximate surface area is 157 Å². The average Bonchev–Trinajstić information content (AvgIpc) is 2.61. The molecule has 8 heteroatoms. The highest BCUT2D eigenvalue weighted by atomic mass is 35.5. The first-order chi connectivity index (χ1) is 12.0. The molecule has 2 fully saturated rings. The van der Waals surface area contributed by atoms with E-state index in [-0.39, 0.29) is 24.0 Å². The van der Waals surface area contributed by atoms with Gasteiger partial charge in [-0.25, -0.2) is 0 Å². The number of piperazine rings is 1. The first-order valence-corrected chi connectivity index (χ1v) is 9.11. The Morgan fingerprint density at radius 1 is 1.12 bits per heavy atom. The first-order valence-electron chi connectivity index (χ1n) is 8.36. The minimum absolute atomic E-state index is 0.0232. The van der Waals surface area contributed by atoms with Crippen molar-refractivity contribution in [2.45, 2.75) is 19.1 Å². The van der Waals surface area contributed by atoms with Crippen LogP contribution in [0.4, 0.5) is 0 Å². The summed E-state index contributed by atoms with van der Waals surface area (Å²) in [6.45, 7) is 5.06. The molecule has 6 nitrogen and oxygen atoms in total. The number of hydrogen-bond donors (Lipinski definition) is 1. The maximum atomic E-state index is 12.7. The maximum absolute atomic E-state index is 12.7. The Balaban J connectivity index is 1.62. The third-order valence-corrected chi connectivity index (χ3v) is 5.27. The number of carbonyl (C=O) groups excluding carboxylic acids is 2. The molecular weight excluding hydrogens is 365 g/mol. The van der Waals surface area contributed by atoms with Crippen LogP contribution in [0.15, 0.2) is 18.2 Å². The molecule has 0 radical (unpaired) electrons. The summed E-state index contributed by atoms with van der Waals surface area (Å²) in [7, 11) is 0. The van der Waals surface area contributed by atoms with E-state index in [1.54, 1.807) is 28.0 Å². The van der Waals surface area contributed by atoms with Gasteiger partial charge < -0.3 is 19.9 Å². The van der Waals surface area contributed by atoms with E-state index < -0.39 is 0 Å². The van der Waals surface area contributed by atoms with Gasteiger partial charge in [-0.2, -0.15) is 0 Å². The summed E-state index contributed by atoms with van der Waals surface area (Å²) in [4.78, 5) is 28.8. The van der Waals surface area contributed by atoms with Crippen molar-refractivity contribution in [2.75, 3.05) is 39.3 Å². The number of rotatable bonds is 2. The summed E-state index contributed by atoms with van der Waals surface area (Å²) in [5.41, 5.74) is 0.321. The first kappa shape index (κ1) is 18.5. The van der Waals surface area contributed by atoms with Crippen LogP contribution in [0.1, 0.15) is 17.3 Å². The lowest BCUT2D eigenvalue weighted by Gasteiger charge is -2.39. The molecule has 25 heavy (non-hydrogen) atoms. The zero-order valence-corrected chi connectivity index (χ0v) is 15.5. The largest absolute Gasteiger partial charge is 0.375 e. The van der Waals surface area contributed by atoms with Gasteiger partial charge in [0, 0.05) is 32.7 Å². The van der Waals surface area contributed by atoms with Crippen LogP contribution in [0, 0.1) is 0 Å². The molecule has 3 rings (SSSR count). The number of halogens is 2. The molecular formula is C17H21Cl2N3O3. The lowest BCUT2D eigenvalue weighted by atomic mass is 10.1. The van der Waals surface area contributed by atoms with Crippen LogP contribution in [-0.4, -0.2) is 73.1 Å². The van der Waals surface area contributed by atoms with E-state index in [1.165, 1.54) is 0 Å². The highest BCUT2D eigenvalue weighted by Crippen LogP contribution is 2.26. The van der Waals surface area contributed by atoms with Crippen molar-refractivity contribution < 1.29 is 14.3 Å². The third kappa shape index (κ3) is 3.92. The predicted octanol–water partition coefficient (Wildman–Crippen LogP) is 1.65. The van der Waals surface area contributed by atoms with Crippen molar-refractivity contribution in [3.63, 3.8) is 0 Å². The van der Waals surface area contributed by atoms with Gasteiger partial charge in [-0.05, 0) is 19.1 Å². The van der Waals surface area contributed by atoms with Crippen molar-refractivity contribution in [3.8, 4) is 0 Å². The molecule has 2 atom stereocenters. The number of nitrogens with zero attached hydrogens (tertiary/aromatic N) is 2. The molecule has 2 aliphatic rings. The molecule has 2 aliphatic heterocycles. The van der Waals surface area contributed by atoms with E-state index in [4.69, 9.17) is 27.9 Å². The normalized spacial score (nSPS) is 24.3. The fourth-order valence-electron chi connectivity index (χ4n) is 3.20. The van der Waals surface area contributed by atoms with Crippen LogP contribution in [0.25, 0.3) is 0 Å². The highest BCUT2D eigenvalue weighted by molar-refractivity contribution is 6.39. The van der Waals surface area contributed by atoms with Crippen LogP contribution < -0.4 is 5.32 Å². The fourth-order valence-corrected chi connectivity index (χ4v) is 3.76. The number of ether oxygens (including phenoxy) is 1. The Hall–Kier alpha value is -1.34. The molecule has 136 valence electrons. The molecule has 0 spiro atoms. The van der Waals surface area contributed by atoms with Crippen LogP contribution >= 0.6 is 23.2 Å². The van der Waals surface area contributed by atoms with Crippen molar-refractivity contribution >= 4 is 35.0 Å². The van der Waals surface area contributed by atoms with E-state index >= 15 is 0 Å². The molecule has 1 aromatic carbocycles. The minimum Gasteiger partial charge on any atom is -0.375 e. The second kappa shape index (κ2) is 7.91. The van der Waals surface area contributed by atoms with Gasteiger partial charge in [0.2, 0.25) is 5.91 Å². The van der Waals surface area contributed by atoms with Crippen molar-refractivity contribution in [1.29, 1.82) is 0 Å². The Morgan fingerprint density at radius 3 is 2.32 bits per heavy atom. The second-order valence-electron chi connectivity index (χ2n) is 6.22. The lowest BCUT2D eigenvalue weighted by molar-refractivity contribution is -0.140. The highest BCUT2D eigenvalue weighted by Gasteiger charge is 2.34. The average molecular weight is 386 g/mol. The van der Waals surface area contributed by atoms with E-state index in [2.05, 4.69) is 5.32 Å². The Morgan fingerprint density at radius 2 is 1.72 bits per heavy atom. The molecule has 0 aliphatic carbocycles. The van der Waals surface area contributed by atoms with Crippen molar-refractivity contribution in [2.24, 2.45) is 0 Å². The summed E-state index contributed by atoms with van der Waals surface area (Å²) in [5, 5.41) is 3.89. The summed E-state index contributed by atoms with van der Waals surface area (Å²) < 4.78 is 5.54. The monoisotopic (exact) mass is 385 g/mol. The molecule has 0 unspecified atom stereocenters. The number of nitrogens with one attached hydrogen (secondary N) is 1. The molecule has 2 amide bonds. The number of benzene rings is 1. The van der Waals surface area contributed by atoms with Gasteiger partial charge in [-0.1, -0.05) is 29.3 Å². The van der Waals surface area contributed by atoms with Crippen LogP contribution in [0.3, 0.4) is 0 Å². The number of hydrogen-bond acceptors (Lipinski definition) is 4. The lowest BCUT2D eigenvalue weighted by Crippen LogP contribution is -2.60. The second-order valence-corrected chi connectivity index (χ2v) is 7.04. The Kier molecular flexibility index (Phi) is 5.84. The van der Waals surface area contributed by atoms with Crippen LogP contribution in [0.5, 0.6) is 0 Å². The van der Waals surface area contributed by atoms with Gasteiger partial charge in [0.05, 0.1) is 28.3 Å². The van der Waals surface area contributed by atoms with E-state index in [0.717, 1.165) is 0 Å². The molecule has 1 N–H and O–H groups in total. The van der Waals surface area contributed by atoms with Crippen molar-refractivity contribution in [3.05, 3.63) is 33.8 Å². The maximum Gasteiger partial charge on any atom is 0.257 e. The molecule has 2 saturated heterocycles. The topological polar surface area (TPSA) is 61.9 Å². The molecule has 0 bridgehead atoms. The van der Waals surface area contributed by atoms with Crippen LogP contribution in [-0.2, 0) is 9.53 Å². The quantitative estimate of drug-likeness (QED) is 0.840.